The fourth-order valence-corrected chi connectivity index (χ4v) is 0.875. The van der Waals surface area contributed by atoms with Crippen molar-refractivity contribution in [3.8, 4) is 0 Å². The van der Waals surface area contributed by atoms with E-state index < -0.39 is 0 Å². The molecule has 0 radical (unpaired) electrons. The zero-order valence-corrected chi connectivity index (χ0v) is 9.98. The second-order valence-electron chi connectivity index (χ2n) is 3.43. The average Bonchev–Trinajstić information content (AvgIpc) is 1.63. The van der Waals surface area contributed by atoms with Crippen LogP contribution in [0.1, 0.15) is 40.0 Å². The van der Waals surface area contributed by atoms with E-state index in [0.717, 1.165) is 5.92 Å². The Labute approximate surface area is 88.1 Å². The van der Waals surface area contributed by atoms with Gasteiger partial charge in [0.2, 0.25) is 0 Å². The molecule has 1 unspecified atom stereocenters. The second kappa shape index (κ2) is 8.10. The number of hydrogen-bond donors (Lipinski definition) is 0. The van der Waals surface area contributed by atoms with Gasteiger partial charge in [-0.05, 0) is 5.92 Å². The molecule has 0 aliphatic heterocycles. The van der Waals surface area contributed by atoms with Crippen LogP contribution in [-0.4, -0.2) is 0 Å². The summed E-state index contributed by atoms with van der Waals surface area (Å²) in [5.74, 6) is 1.51. The summed E-state index contributed by atoms with van der Waals surface area (Å²) in [6.45, 7) is 10.7. The van der Waals surface area contributed by atoms with Gasteiger partial charge in [-0.15, -0.1) is 0 Å². The van der Waals surface area contributed by atoms with Crippen LogP contribution in [0.3, 0.4) is 0 Å². The van der Waals surface area contributed by atoms with Crippen molar-refractivity contribution in [2.75, 3.05) is 0 Å². The molecule has 56 valence electrons. The molecule has 1 atom stereocenters. The minimum absolute atomic E-state index is 0. The quantitative estimate of drug-likeness (QED) is 0.399. The molecular formula is C9H19Na. The Balaban J connectivity index is 0. The first-order valence-electron chi connectivity index (χ1n) is 3.96. The Morgan fingerprint density at radius 2 is 1.60 bits per heavy atom. The van der Waals surface area contributed by atoms with E-state index >= 15 is 0 Å². The topological polar surface area (TPSA) is 0 Å². The van der Waals surface area contributed by atoms with E-state index in [0.29, 0.717) is 5.92 Å². The van der Waals surface area contributed by atoms with Gasteiger partial charge < -0.3 is 6.92 Å². The molecule has 0 nitrogen and oxygen atoms in total. The van der Waals surface area contributed by atoms with Gasteiger partial charge in [-0.25, -0.2) is 0 Å². The van der Waals surface area contributed by atoms with Crippen molar-refractivity contribution >= 4 is 0 Å². The van der Waals surface area contributed by atoms with Crippen LogP contribution >= 0.6 is 0 Å². The summed E-state index contributed by atoms with van der Waals surface area (Å²) >= 11 is 0. The molecule has 0 aromatic carbocycles. The van der Waals surface area contributed by atoms with Crippen molar-refractivity contribution in [3.63, 3.8) is 0 Å². The second-order valence-corrected chi connectivity index (χ2v) is 3.43. The Morgan fingerprint density at radius 3 is 1.90 bits per heavy atom. The van der Waals surface area contributed by atoms with Gasteiger partial charge in [0.15, 0.2) is 0 Å². The predicted molar refractivity (Wildman–Crippen MR) is 43.2 cm³/mol. The molecule has 0 heterocycles. The van der Waals surface area contributed by atoms with Gasteiger partial charge in [0.1, 0.15) is 0 Å². The maximum Gasteiger partial charge on any atom is 1.00 e. The molecule has 0 fully saturated rings. The molecule has 0 aliphatic carbocycles. The van der Waals surface area contributed by atoms with Crippen LogP contribution in [0.2, 0.25) is 0 Å². The zero-order chi connectivity index (χ0) is 7.28. The molecule has 0 spiro atoms. The largest absolute Gasteiger partial charge is 1.00 e. The normalized spacial score (nSPS) is 12.9. The van der Waals surface area contributed by atoms with Crippen LogP contribution in [-0.2, 0) is 0 Å². The molecule has 0 rings (SSSR count). The fourth-order valence-electron chi connectivity index (χ4n) is 0.875. The third-order valence-electron chi connectivity index (χ3n) is 1.48. The summed E-state index contributed by atoms with van der Waals surface area (Å²) in [5, 5.41) is 0. The minimum Gasteiger partial charge on any atom is -0.341 e. The Morgan fingerprint density at radius 1 is 1.10 bits per heavy atom. The number of rotatable bonds is 4. The van der Waals surface area contributed by atoms with Crippen LogP contribution < -0.4 is 29.6 Å². The molecule has 0 saturated heterocycles. The van der Waals surface area contributed by atoms with Crippen LogP contribution in [0.5, 0.6) is 0 Å². The van der Waals surface area contributed by atoms with Gasteiger partial charge in [0.05, 0.1) is 0 Å². The summed E-state index contributed by atoms with van der Waals surface area (Å²) in [6, 6.07) is 0. The smallest absolute Gasteiger partial charge is 0.341 e. The van der Waals surface area contributed by atoms with Crippen molar-refractivity contribution in [3.05, 3.63) is 6.92 Å². The molecular weight excluding hydrogens is 131 g/mol. The van der Waals surface area contributed by atoms with Crippen LogP contribution in [0, 0.1) is 18.8 Å². The molecule has 0 amide bonds. The zero-order valence-electron chi connectivity index (χ0n) is 7.98. The van der Waals surface area contributed by atoms with Crippen molar-refractivity contribution < 1.29 is 29.6 Å². The van der Waals surface area contributed by atoms with E-state index in [4.69, 9.17) is 0 Å². The number of hydrogen-bond acceptors (Lipinski definition) is 0. The summed E-state index contributed by atoms with van der Waals surface area (Å²) in [7, 11) is 0. The predicted octanol–water partition coefficient (Wildman–Crippen LogP) is 0.287. The SMILES string of the molecule is [CH2-]C(C)CCCC(C)C.[Na+]. The average molecular weight is 150 g/mol. The molecule has 0 aliphatic rings. The first kappa shape index (κ1) is 13.6. The van der Waals surface area contributed by atoms with Gasteiger partial charge in [-0.3, -0.25) is 0 Å². The first-order valence-corrected chi connectivity index (χ1v) is 3.96. The van der Waals surface area contributed by atoms with E-state index in [1.54, 1.807) is 0 Å². The van der Waals surface area contributed by atoms with Gasteiger partial charge in [0, 0.05) is 0 Å². The first-order chi connectivity index (χ1) is 4.13. The molecule has 1 heteroatoms. The molecule has 10 heavy (non-hydrogen) atoms. The third kappa shape index (κ3) is 11.8. The van der Waals surface area contributed by atoms with E-state index in [-0.39, 0.29) is 29.6 Å². The molecule has 0 aromatic rings. The molecule has 0 saturated carbocycles. The van der Waals surface area contributed by atoms with Gasteiger partial charge >= 0.3 is 29.6 Å². The minimum atomic E-state index is 0. The van der Waals surface area contributed by atoms with Crippen molar-refractivity contribution in [2.45, 2.75) is 40.0 Å². The van der Waals surface area contributed by atoms with E-state index in [2.05, 4.69) is 27.7 Å². The summed E-state index contributed by atoms with van der Waals surface area (Å²) in [4.78, 5) is 0. The van der Waals surface area contributed by atoms with Gasteiger partial charge in [-0.1, -0.05) is 40.0 Å². The summed E-state index contributed by atoms with van der Waals surface area (Å²) < 4.78 is 0. The molecule has 0 N–H and O–H groups in total. The van der Waals surface area contributed by atoms with Crippen LogP contribution in [0.15, 0.2) is 0 Å². The third-order valence-corrected chi connectivity index (χ3v) is 1.48. The van der Waals surface area contributed by atoms with Gasteiger partial charge in [0.25, 0.3) is 0 Å². The van der Waals surface area contributed by atoms with Crippen molar-refractivity contribution in [2.24, 2.45) is 11.8 Å². The fraction of sp³-hybridized carbons (Fsp3) is 0.889. The monoisotopic (exact) mass is 150 g/mol. The Hall–Kier alpha value is 1.00. The standard InChI is InChI=1S/C9H19.Na/c1-8(2)6-5-7-9(3)4;/h8-9H,1,5-7H2,2-4H3;/q-1;+1. The van der Waals surface area contributed by atoms with Gasteiger partial charge in [-0.2, -0.15) is 5.92 Å². The van der Waals surface area contributed by atoms with Crippen molar-refractivity contribution in [1.82, 2.24) is 0 Å². The van der Waals surface area contributed by atoms with E-state index in [1.165, 1.54) is 19.3 Å². The molecule has 0 bridgehead atoms. The maximum atomic E-state index is 3.94. The van der Waals surface area contributed by atoms with E-state index in [9.17, 15) is 0 Å². The summed E-state index contributed by atoms with van der Waals surface area (Å²) in [6.07, 6.45) is 4.00. The molecule has 0 aromatic heterocycles. The Bertz CT molecular complexity index is 49.7. The van der Waals surface area contributed by atoms with Crippen LogP contribution in [0.4, 0.5) is 0 Å². The maximum absolute atomic E-state index is 3.94. The summed E-state index contributed by atoms with van der Waals surface area (Å²) in [5.41, 5.74) is 0. The van der Waals surface area contributed by atoms with E-state index in [1.807, 2.05) is 0 Å². The van der Waals surface area contributed by atoms with Crippen molar-refractivity contribution in [1.29, 1.82) is 0 Å². The van der Waals surface area contributed by atoms with Crippen LogP contribution in [0.25, 0.3) is 0 Å². The Kier molecular flexibility index (Phi) is 11.0.